The Balaban J connectivity index is 2.75. The van der Waals surface area contributed by atoms with Crippen molar-refractivity contribution in [3.05, 3.63) is 68.8 Å². The first kappa shape index (κ1) is 17.6. The van der Waals surface area contributed by atoms with Crippen LogP contribution in [0.1, 0.15) is 50.4 Å². The molecule has 0 aliphatic heterocycles. The zero-order valence-corrected chi connectivity index (χ0v) is 14.5. The van der Waals surface area contributed by atoms with Gasteiger partial charge in [-0.15, -0.1) is 0 Å². The van der Waals surface area contributed by atoms with Crippen LogP contribution in [0.4, 0.5) is 13.2 Å². The standard InChI is InChI=1S/C20H23F3/c1-11-7-9-17(15(5)13(11)3)19(20(21,22)23)18-10-8-12(2)14(4)16(18)6/h7-10,19H,1-6H3. The summed E-state index contributed by atoms with van der Waals surface area (Å²) in [7, 11) is 0. The predicted octanol–water partition coefficient (Wildman–Crippen LogP) is 6.23. The number of hydrogen-bond donors (Lipinski definition) is 0. The smallest absolute Gasteiger partial charge is 0.170 e. The number of benzene rings is 2. The van der Waals surface area contributed by atoms with Crippen LogP contribution in [0.5, 0.6) is 0 Å². The van der Waals surface area contributed by atoms with Crippen LogP contribution < -0.4 is 0 Å². The lowest BCUT2D eigenvalue weighted by atomic mass is 9.82. The normalized spacial score (nSPS) is 12.1. The first-order chi connectivity index (χ1) is 10.6. The van der Waals surface area contributed by atoms with Crippen LogP contribution >= 0.6 is 0 Å². The van der Waals surface area contributed by atoms with E-state index in [2.05, 4.69) is 0 Å². The molecule has 0 nitrogen and oxygen atoms in total. The summed E-state index contributed by atoms with van der Waals surface area (Å²) in [4.78, 5) is 0. The van der Waals surface area contributed by atoms with Gasteiger partial charge >= 0.3 is 6.18 Å². The summed E-state index contributed by atoms with van der Waals surface area (Å²) in [5, 5.41) is 0. The largest absolute Gasteiger partial charge is 0.399 e. The highest BCUT2D eigenvalue weighted by Crippen LogP contribution is 2.44. The van der Waals surface area contributed by atoms with Crippen LogP contribution in [0.3, 0.4) is 0 Å². The molecule has 0 heterocycles. The van der Waals surface area contributed by atoms with Gasteiger partial charge < -0.3 is 0 Å². The summed E-state index contributed by atoms with van der Waals surface area (Å²) in [6.07, 6.45) is -4.32. The van der Waals surface area contributed by atoms with E-state index in [9.17, 15) is 13.2 Å². The highest BCUT2D eigenvalue weighted by atomic mass is 19.4. The molecule has 0 amide bonds. The molecule has 2 aromatic carbocycles. The molecule has 124 valence electrons. The van der Waals surface area contributed by atoms with Crippen molar-refractivity contribution in [3.63, 3.8) is 0 Å². The van der Waals surface area contributed by atoms with Gasteiger partial charge in [0.05, 0.1) is 0 Å². The zero-order chi connectivity index (χ0) is 17.5. The molecule has 0 saturated heterocycles. The molecular formula is C20H23F3. The van der Waals surface area contributed by atoms with Gasteiger partial charge in [-0.1, -0.05) is 24.3 Å². The molecule has 0 aliphatic carbocycles. The van der Waals surface area contributed by atoms with Gasteiger partial charge in [0, 0.05) is 0 Å². The molecule has 0 aromatic heterocycles. The molecule has 3 heteroatoms. The molecule has 0 radical (unpaired) electrons. The average molecular weight is 320 g/mol. The van der Waals surface area contributed by atoms with Gasteiger partial charge in [0.25, 0.3) is 0 Å². The van der Waals surface area contributed by atoms with E-state index in [4.69, 9.17) is 0 Å². The van der Waals surface area contributed by atoms with Gasteiger partial charge in [-0.05, 0) is 86.1 Å². The van der Waals surface area contributed by atoms with E-state index in [1.165, 1.54) is 0 Å². The lowest BCUT2D eigenvalue weighted by Gasteiger charge is -2.26. The maximum absolute atomic E-state index is 13.9. The lowest BCUT2D eigenvalue weighted by Crippen LogP contribution is -2.24. The fourth-order valence-corrected chi connectivity index (χ4v) is 3.10. The molecule has 0 N–H and O–H groups in total. The van der Waals surface area contributed by atoms with Gasteiger partial charge in [-0.2, -0.15) is 13.2 Å². The first-order valence-corrected chi connectivity index (χ1v) is 7.75. The maximum Gasteiger partial charge on any atom is 0.399 e. The third-order valence-electron chi connectivity index (χ3n) is 5.15. The summed E-state index contributed by atoms with van der Waals surface area (Å²) >= 11 is 0. The maximum atomic E-state index is 13.9. The summed E-state index contributed by atoms with van der Waals surface area (Å²) in [5.41, 5.74) is 6.05. The van der Waals surface area contributed by atoms with E-state index < -0.39 is 12.1 Å². The Morgan fingerprint density at radius 3 is 1.26 bits per heavy atom. The minimum Gasteiger partial charge on any atom is -0.170 e. The van der Waals surface area contributed by atoms with Crippen molar-refractivity contribution in [3.8, 4) is 0 Å². The first-order valence-electron chi connectivity index (χ1n) is 7.75. The van der Waals surface area contributed by atoms with Crippen molar-refractivity contribution >= 4 is 0 Å². The predicted molar refractivity (Wildman–Crippen MR) is 89.2 cm³/mol. The van der Waals surface area contributed by atoms with Gasteiger partial charge in [0.2, 0.25) is 0 Å². The Bertz CT molecular complexity index is 682. The highest BCUT2D eigenvalue weighted by Gasteiger charge is 2.43. The van der Waals surface area contributed by atoms with Gasteiger partial charge in [0.1, 0.15) is 5.92 Å². The van der Waals surface area contributed by atoms with Crippen LogP contribution in [-0.2, 0) is 0 Å². The molecule has 23 heavy (non-hydrogen) atoms. The fraction of sp³-hybridized carbons (Fsp3) is 0.400. The minimum atomic E-state index is -4.32. The van der Waals surface area contributed by atoms with Crippen molar-refractivity contribution in [1.29, 1.82) is 0 Å². The van der Waals surface area contributed by atoms with Crippen LogP contribution in [0.2, 0.25) is 0 Å². The number of hydrogen-bond acceptors (Lipinski definition) is 0. The summed E-state index contributed by atoms with van der Waals surface area (Å²) < 4.78 is 41.7. The highest BCUT2D eigenvalue weighted by molar-refractivity contribution is 5.49. The Labute approximate surface area is 136 Å². The quantitative estimate of drug-likeness (QED) is 0.615. The summed E-state index contributed by atoms with van der Waals surface area (Å²) in [6, 6.07) is 6.83. The van der Waals surface area contributed by atoms with Crippen LogP contribution in [0.15, 0.2) is 24.3 Å². The number of rotatable bonds is 2. The zero-order valence-electron chi connectivity index (χ0n) is 14.5. The number of alkyl halides is 3. The number of aryl methyl sites for hydroxylation is 2. The molecule has 0 saturated carbocycles. The SMILES string of the molecule is Cc1ccc(C(c2ccc(C)c(C)c2C)C(F)(F)F)c(C)c1C. The molecule has 0 unspecified atom stereocenters. The van der Waals surface area contributed by atoms with E-state index >= 15 is 0 Å². The Kier molecular flexibility index (Phi) is 4.61. The third-order valence-corrected chi connectivity index (χ3v) is 5.15. The van der Waals surface area contributed by atoms with Crippen LogP contribution in [-0.4, -0.2) is 6.18 Å². The second kappa shape index (κ2) is 6.03. The molecule has 0 atom stereocenters. The molecule has 0 spiro atoms. The van der Waals surface area contributed by atoms with E-state index in [1.807, 2.05) is 27.7 Å². The van der Waals surface area contributed by atoms with Crippen LogP contribution in [0.25, 0.3) is 0 Å². The molecule has 2 rings (SSSR count). The van der Waals surface area contributed by atoms with Gasteiger partial charge in [0.15, 0.2) is 0 Å². The van der Waals surface area contributed by atoms with Crippen LogP contribution in [0, 0.1) is 41.5 Å². The van der Waals surface area contributed by atoms with Crippen molar-refractivity contribution in [1.82, 2.24) is 0 Å². The Morgan fingerprint density at radius 1 is 0.609 bits per heavy atom. The molecular weight excluding hydrogens is 297 g/mol. The van der Waals surface area contributed by atoms with Crippen molar-refractivity contribution in [2.24, 2.45) is 0 Å². The number of halogens is 3. The fourth-order valence-electron chi connectivity index (χ4n) is 3.10. The molecule has 2 aromatic rings. The summed E-state index contributed by atoms with van der Waals surface area (Å²) in [5.74, 6) is -1.58. The van der Waals surface area contributed by atoms with Gasteiger partial charge in [-0.25, -0.2) is 0 Å². The van der Waals surface area contributed by atoms with Gasteiger partial charge in [-0.3, -0.25) is 0 Å². The average Bonchev–Trinajstić information content (AvgIpc) is 2.46. The minimum absolute atomic E-state index is 0.354. The lowest BCUT2D eigenvalue weighted by molar-refractivity contribution is -0.141. The topological polar surface area (TPSA) is 0 Å². The van der Waals surface area contributed by atoms with E-state index in [1.54, 1.807) is 38.1 Å². The Morgan fingerprint density at radius 2 is 0.957 bits per heavy atom. The van der Waals surface area contributed by atoms with E-state index in [0.29, 0.717) is 11.1 Å². The van der Waals surface area contributed by atoms with Crippen molar-refractivity contribution in [2.45, 2.75) is 53.6 Å². The summed E-state index contributed by atoms with van der Waals surface area (Å²) in [6.45, 7) is 11.2. The molecule has 0 bridgehead atoms. The third kappa shape index (κ3) is 3.15. The molecule has 0 aliphatic rings. The monoisotopic (exact) mass is 320 g/mol. The Hall–Kier alpha value is -1.77. The van der Waals surface area contributed by atoms with E-state index in [0.717, 1.165) is 33.4 Å². The second-order valence-electron chi connectivity index (χ2n) is 6.42. The van der Waals surface area contributed by atoms with E-state index in [-0.39, 0.29) is 0 Å². The second-order valence-corrected chi connectivity index (χ2v) is 6.42. The van der Waals surface area contributed by atoms with Crippen molar-refractivity contribution in [2.75, 3.05) is 0 Å². The van der Waals surface area contributed by atoms with Crippen molar-refractivity contribution < 1.29 is 13.2 Å². The molecule has 0 fully saturated rings.